The number of likely N-dealkylation sites (N-methyl/N-ethyl adjacent to an activating group) is 1. The van der Waals surface area contributed by atoms with Crippen molar-refractivity contribution in [2.75, 3.05) is 18.9 Å². The van der Waals surface area contributed by atoms with Gasteiger partial charge >= 0.3 is 0 Å². The number of rotatable bonds is 6. The number of hydrogen-bond acceptors (Lipinski definition) is 3. The summed E-state index contributed by atoms with van der Waals surface area (Å²) >= 11 is 11.7. The molecule has 0 aliphatic carbocycles. The molecule has 0 bridgehead atoms. The molecule has 0 aromatic heterocycles. The summed E-state index contributed by atoms with van der Waals surface area (Å²) in [5, 5.41) is 3.42. The molecule has 3 N–H and O–H groups in total. The molecule has 23 heavy (non-hydrogen) atoms. The van der Waals surface area contributed by atoms with Crippen molar-refractivity contribution in [3.8, 4) is 0 Å². The number of anilines is 1. The zero-order valence-electron chi connectivity index (χ0n) is 13.3. The Balaban J connectivity index is 0.00000484. The van der Waals surface area contributed by atoms with Gasteiger partial charge < -0.3 is 16.0 Å². The monoisotopic (exact) mass is 381 g/mol. The highest BCUT2D eigenvalue weighted by molar-refractivity contribution is 6.42. The highest BCUT2D eigenvalue weighted by Crippen LogP contribution is 2.24. The molecule has 0 heterocycles. The van der Waals surface area contributed by atoms with Gasteiger partial charge in [-0.2, -0.15) is 0 Å². The number of hydrogen-bond donors (Lipinski definition) is 2. The van der Waals surface area contributed by atoms with E-state index in [2.05, 4.69) is 5.32 Å². The number of nitrogens with zero attached hydrogens (tertiary/aromatic N) is 1. The molecule has 1 aromatic carbocycles. The zero-order valence-corrected chi connectivity index (χ0v) is 15.6. The third-order valence-corrected chi connectivity index (χ3v) is 3.74. The Labute approximate surface area is 152 Å². The van der Waals surface area contributed by atoms with Crippen LogP contribution in [0, 0.1) is 5.92 Å². The molecular weight excluding hydrogens is 361 g/mol. The molecule has 0 saturated carbocycles. The lowest BCUT2D eigenvalue weighted by Crippen LogP contribution is -2.45. The van der Waals surface area contributed by atoms with Crippen LogP contribution in [0.2, 0.25) is 10.0 Å². The van der Waals surface area contributed by atoms with E-state index in [9.17, 15) is 9.59 Å². The largest absolute Gasteiger partial charge is 0.335 e. The molecule has 0 aliphatic rings. The van der Waals surface area contributed by atoms with Gasteiger partial charge in [-0.1, -0.05) is 37.0 Å². The Bertz CT molecular complexity index is 553. The molecular formula is C15H22Cl3N3O2. The van der Waals surface area contributed by atoms with Gasteiger partial charge in [0, 0.05) is 12.7 Å². The van der Waals surface area contributed by atoms with E-state index in [1.165, 1.54) is 4.90 Å². The Morgan fingerprint density at radius 2 is 1.87 bits per heavy atom. The average molecular weight is 383 g/mol. The zero-order chi connectivity index (χ0) is 16.9. The quantitative estimate of drug-likeness (QED) is 0.793. The lowest BCUT2D eigenvalue weighted by Gasteiger charge is -2.21. The molecule has 1 atom stereocenters. The molecule has 1 rings (SSSR count). The summed E-state index contributed by atoms with van der Waals surface area (Å²) in [4.78, 5) is 25.3. The van der Waals surface area contributed by atoms with Crippen molar-refractivity contribution in [1.29, 1.82) is 0 Å². The molecule has 0 fully saturated rings. The summed E-state index contributed by atoms with van der Waals surface area (Å²) in [7, 11) is 1.55. The van der Waals surface area contributed by atoms with Crippen molar-refractivity contribution in [2.24, 2.45) is 11.7 Å². The second-order valence-electron chi connectivity index (χ2n) is 5.61. The van der Waals surface area contributed by atoms with Gasteiger partial charge in [0.15, 0.2) is 0 Å². The minimum absolute atomic E-state index is 0. The third kappa shape index (κ3) is 7.40. The molecule has 2 amide bonds. The van der Waals surface area contributed by atoms with Crippen molar-refractivity contribution in [3.05, 3.63) is 28.2 Å². The van der Waals surface area contributed by atoms with Crippen molar-refractivity contribution in [2.45, 2.75) is 26.3 Å². The average Bonchev–Trinajstić information content (AvgIpc) is 2.41. The molecule has 0 saturated heterocycles. The topological polar surface area (TPSA) is 75.4 Å². The van der Waals surface area contributed by atoms with Gasteiger partial charge in [0.25, 0.3) is 0 Å². The Kier molecular flexibility index (Phi) is 9.54. The standard InChI is InChI=1S/C15H21Cl2N3O2.ClH/c1-9(2)6-13(18)15(22)20(3)8-14(21)19-10-4-5-11(16)12(17)7-10;/h4-5,7,9,13H,6,8,18H2,1-3H3,(H,19,21);1H/t13-;/m0./s1. The Hall–Kier alpha value is -1.01. The Morgan fingerprint density at radius 3 is 2.39 bits per heavy atom. The van der Waals surface area contributed by atoms with Gasteiger partial charge in [-0.3, -0.25) is 9.59 Å². The normalized spacial score (nSPS) is 11.6. The van der Waals surface area contributed by atoms with Crippen molar-refractivity contribution < 1.29 is 9.59 Å². The molecule has 0 radical (unpaired) electrons. The number of halogens is 3. The van der Waals surface area contributed by atoms with E-state index in [0.29, 0.717) is 28.1 Å². The highest BCUT2D eigenvalue weighted by Gasteiger charge is 2.20. The smallest absolute Gasteiger partial charge is 0.243 e. The number of carbonyl (C=O) groups excluding carboxylic acids is 2. The van der Waals surface area contributed by atoms with Crippen LogP contribution in [0.3, 0.4) is 0 Å². The summed E-state index contributed by atoms with van der Waals surface area (Å²) in [6.07, 6.45) is 0.581. The van der Waals surface area contributed by atoms with E-state index in [1.807, 2.05) is 13.8 Å². The molecule has 8 heteroatoms. The number of nitrogens with one attached hydrogen (secondary N) is 1. The number of carbonyl (C=O) groups is 2. The van der Waals surface area contributed by atoms with Crippen LogP contribution in [-0.2, 0) is 9.59 Å². The van der Waals surface area contributed by atoms with Crippen LogP contribution in [0.4, 0.5) is 5.69 Å². The van der Waals surface area contributed by atoms with Crippen LogP contribution in [0.1, 0.15) is 20.3 Å². The molecule has 0 aliphatic heterocycles. The molecule has 0 spiro atoms. The van der Waals surface area contributed by atoms with Crippen LogP contribution < -0.4 is 11.1 Å². The third-order valence-electron chi connectivity index (χ3n) is 3.00. The highest BCUT2D eigenvalue weighted by atomic mass is 35.5. The van der Waals surface area contributed by atoms with Gasteiger partial charge in [-0.05, 0) is 30.5 Å². The van der Waals surface area contributed by atoms with E-state index in [0.717, 1.165) is 0 Å². The lowest BCUT2D eigenvalue weighted by atomic mass is 10.0. The van der Waals surface area contributed by atoms with E-state index in [-0.39, 0.29) is 30.8 Å². The second-order valence-corrected chi connectivity index (χ2v) is 6.42. The van der Waals surface area contributed by atoms with E-state index in [1.54, 1.807) is 25.2 Å². The van der Waals surface area contributed by atoms with Crippen LogP contribution in [0.15, 0.2) is 18.2 Å². The number of amides is 2. The molecule has 1 aromatic rings. The SMILES string of the molecule is CC(C)C[C@H](N)C(=O)N(C)CC(=O)Nc1ccc(Cl)c(Cl)c1.Cl. The van der Waals surface area contributed by atoms with E-state index >= 15 is 0 Å². The number of benzene rings is 1. The first-order chi connectivity index (χ1) is 10.2. The number of nitrogens with two attached hydrogens (primary N) is 1. The molecule has 0 unspecified atom stereocenters. The van der Waals surface area contributed by atoms with Crippen molar-refractivity contribution in [3.63, 3.8) is 0 Å². The predicted molar refractivity (Wildman–Crippen MR) is 97.4 cm³/mol. The fourth-order valence-electron chi connectivity index (χ4n) is 1.96. The first-order valence-corrected chi connectivity index (χ1v) is 7.71. The van der Waals surface area contributed by atoms with Gasteiger partial charge in [0.1, 0.15) is 0 Å². The van der Waals surface area contributed by atoms with Gasteiger partial charge in [-0.15, -0.1) is 12.4 Å². The summed E-state index contributed by atoms with van der Waals surface area (Å²) in [5.74, 6) is -0.263. The fraction of sp³-hybridized carbons (Fsp3) is 0.467. The summed E-state index contributed by atoms with van der Waals surface area (Å²) in [6, 6.07) is 4.18. The van der Waals surface area contributed by atoms with Gasteiger partial charge in [0.2, 0.25) is 11.8 Å². The minimum atomic E-state index is -0.595. The van der Waals surface area contributed by atoms with Gasteiger partial charge in [-0.25, -0.2) is 0 Å². The van der Waals surface area contributed by atoms with Crippen molar-refractivity contribution >= 4 is 53.1 Å². The van der Waals surface area contributed by atoms with Gasteiger partial charge in [0.05, 0.1) is 22.6 Å². The Morgan fingerprint density at radius 1 is 1.26 bits per heavy atom. The van der Waals surface area contributed by atoms with Crippen LogP contribution in [0.5, 0.6) is 0 Å². The fourth-order valence-corrected chi connectivity index (χ4v) is 2.26. The van der Waals surface area contributed by atoms with Crippen LogP contribution >= 0.6 is 35.6 Å². The molecule has 130 valence electrons. The van der Waals surface area contributed by atoms with Crippen LogP contribution in [-0.4, -0.2) is 36.3 Å². The maximum absolute atomic E-state index is 12.0. The van der Waals surface area contributed by atoms with Crippen LogP contribution in [0.25, 0.3) is 0 Å². The van der Waals surface area contributed by atoms with Crippen molar-refractivity contribution in [1.82, 2.24) is 4.90 Å². The first-order valence-electron chi connectivity index (χ1n) is 6.96. The van der Waals surface area contributed by atoms with E-state index < -0.39 is 6.04 Å². The van der Waals surface area contributed by atoms with E-state index in [4.69, 9.17) is 28.9 Å². The molecule has 5 nitrogen and oxygen atoms in total. The second kappa shape index (κ2) is 9.98. The maximum Gasteiger partial charge on any atom is 0.243 e. The maximum atomic E-state index is 12.0. The summed E-state index contributed by atoms with van der Waals surface area (Å²) in [6.45, 7) is 3.90. The minimum Gasteiger partial charge on any atom is -0.335 e. The summed E-state index contributed by atoms with van der Waals surface area (Å²) < 4.78 is 0. The first kappa shape index (κ1) is 22.0. The lowest BCUT2D eigenvalue weighted by molar-refractivity contribution is -0.134. The summed E-state index contributed by atoms with van der Waals surface area (Å²) in [5.41, 5.74) is 6.35. The predicted octanol–water partition coefficient (Wildman–Crippen LogP) is 3.19.